The molecule has 0 amide bonds. The van der Waals surface area contributed by atoms with Gasteiger partial charge in [-0.3, -0.25) is 0 Å². The van der Waals surface area contributed by atoms with Crippen LogP contribution in [0.1, 0.15) is 13.8 Å². The molecule has 0 aliphatic rings. The smallest absolute Gasteiger partial charge is 0.336 e. The van der Waals surface area contributed by atoms with Crippen LogP contribution in [0.25, 0.3) is 0 Å². The lowest BCUT2D eigenvalue weighted by Crippen LogP contribution is -2.30. The Morgan fingerprint density at radius 3 is 1.27 bits per heavy atom. The molecule has 0 saturated carbocycles. The van der Waals surface area contributed by atoms with Crippen molar-refractivity contribution in [2.24, 2.45) is 0 Å². The Kier molecular flexibility index (Phi) is 7.29. The normalized spacial score (nSPS) is 13.9. The highest BCUT2D eigenvalue weighted by molar-refractivity contribution is 6.01. The molecule has 2 atom stereocenters. The summed E-state index contributed by atoms with van der Waals surface area (Å²) in [5.41, 5.74) is -1.43. The number of hydrogen-bond donors (Lipinski definition) is 2. The van der Waals surface area contributed by atoms with Crippen LogP contribution in [0.3, 0.4) is 0 Å². The minimum absolute atomic E-state index is 0.716. The van der Waals surface area contributed by atoms with Gasteiger partial charge < -0.3 is 19.7 Å². The predicted molar refractivity (Wildman–Crippen MR) is 73.8 cm³/mol. The molecular formula is C14H16O8. The molecule has 0 aliphatic carbocycles. The zero-order valence-corrected chi connectivity index (χ0v) is 12.1. The molecule has 2 unspecified atom stereocenters. The van der Waals surface area contributed by atoms with Crippen LogP contribution in [0.15, 0.2) is 36.5 Å². The summed E-state index contributed by atoms with van der Waals surface area (Å²) in [6, 6.07) is 0. The first-order valence-corrected chi connectivity index (χ1v) is 6.02. The van der Waals surface area contributed by atoms with E-state index in [1.807, 2.05) is 0 Å². The first kappa shape index (κ1) is 19.1. The second-order valence-corrected chi connectivity index (χ2v) is 4.00. The van der Waals surface area contributed by atoms with Crippen LogP contribution in [0.2, 0.25) is 0 Å². The Labute approximate surface area is 126 Å². The van der Waals surface area contributed by atoms with Crippen LogP contribution in [0.5, 0.6) is 0 Å². The summed E-state index contributed by atoms with van der Waals surface area (Å²) < 4.78 is 9.43. The zero-order valence-electron chi connectivity index (χ0n) is 12.1. The molecule has 0 spiro atoms. The highest BCUT2D eigenvalue weighted by Gasteiger charge is 2.32. The van der Waals surface area contributed by atoms with Crippen LogP contribution >= 0.6 is 0 Å². The molecule has 0 bridgehead atoms. The van der Waals surface area contributed by atoms with Crippen LogP contribution in [-0.2, 0) is 28.7 Å². The summed E-state index contributed by atoms with van der Waals surface area (Å²) in [5.74, 6) is -5.09. The van der Waals surface area contributed by atoms with Gasteiger partial charge in [0.1, 0.15) is 12.2 Å². The number of aliphatic carboxylic acids is 2. The first-order valence-electron chi connectivity index (χ1n) is 6.02. The maximum atomic E-state index is 11.3. The fourth-order valence-electron chi connectivity index (χ4n) is 1.58. The molecule has 120 valence electrons. The summed E-state index contributed by atoms with van der Waals surface area (Å²) in [7, 11) is 0. The Hall–Kier alpha value is -2.90. The number of ether oxygens (including phenoxy) is 2. The summed E-state index contributed by atoms with van der Waals surface area (Å²) in [5, 5.41) is 18.4. The van der Waals surface area contributed by atoms with Gasteiger partial charge in [0.2, 0.25) is 0 Å². The van der Waals surface area contributed by atoms with Crippen molar-refractivity contribution < 1.29 is 38.9 Å². The van der Waals surface area contributed by atoms with Crippen LogP contribution in [0, 0.1) is 0 Å². The lowest BCUT2D eigenvalue weighted by atomic mass is 9.99. The van der Waals surface area contributed by atoms with Gasteiger partial charge in [-0.15, -0.1) is 0 Å². The lowest BCUT2D eigenvalue weighted by Gasteiger charge is -2.19. The van der Waals surface area contributed by atoms with Gasteiger partial charge in [0, 0.05) is 12.2 Å². The van der Waals surface area contributed by atoms with Crippen LogP contribution < -0.4 is 0 Å². The van der Waals surface area contributed by atoms with E-state index in [-0.39, 0.29) is 0 Å². The van der Waals surface area contributed by atoms with E-state index in [9.17, 15) is 29.4 Å². The van der Waals surface area contributed by atoms with Crippen molar-refractivity contribution in [3.8, 4) is 0 Å². The molecule has 0 rings (SSSR count). The molecule has 0 saturated heterocycles. The second kappa shape index (κ2) is 8.40. The Balaban J connectivity index is 5.84. The SMILES string of the molecule is C=CC(=O)OC(C)C(C(=O)O)=C(C(=O)O)C(C)OC(=O)C=C. The molecular weight excluding hydrogens is 296 g/mol. The average molecular weight is 312 g/mol. The van der Waals surface area contributed by atoms with Crippen LogP contribution in [-0.4, -0.2) is 46.3 Å². The van der Waals surface area contributed by atoms with Gasteiger partial charge in [-0.25, -0.2) is 19.2 Å². The van der Waals surface area contributed by atoms with Crippen molar-refractivity contribution in [1.82, 2.24) is 0 Å². The molecule has 0 aromatic carbocycles. The van der Waals surface area contributed by atoms with E-state index in [1.54, 1.807) is 0 Å². The van der Waals surface area contributed by atoms with Gasteiger partial charge in [-0.05, 0) is 13.8 Å². The third kappa shape index (κ3) is 5.23. The van der Waals surface area contributed by atoms with E-state index in [0.29, 0.717) is 0 Å². The van der Waals surface area contributed by atoms with Gasteiger partial charge in [-0.2, -0.15) is 0 Å². The molecule has 2 N–H and O–H groups in total. The predicted octanol–water partition coefficient (Wildman–Crippen LogP) is 0.688. The molecule has 0 aliphatic heterocycles. The third-order valence-electron chi connectivity index (χ3n) is 2.48. The molecule has 0 aromatic heterocycles. The van der Waals surface area contributed by atoms with Crippen molar-refractivity contribution in [2.45, 2.75) is 26.1 Å². The van der Waals surface area contributed by atoms with Gasteiger partial charge in [-0.1, -0.05) is 13.2 Å². The number of carboxylic acids is 2. The molecule has 8 nitrogen and oxygen atoms in total. The molecule has 0 heterocycles. The quantitative estimate of drug-likeness (QED) is 0.495. The number of esters is 2. The van der Waals surface area contributed by atoms with Crippen molar-refractivity contribution in [2.75, 3.05) is 0 Å². The second-order valence-electron chi connectivity index (χ2n) is 4.00. The summed E-state index contributed by atoms with van der Waals surface area (Å²) in [6.07, 6.45) is -1.17. The maximum Gasteiger partial charge on any atom is 0.336 e. The van der Waals surface area contributed by atoms with Crippen LogP contribution in [0.4, 0.5) is 0 Å². The van der Waals surface area contributed by atoms with E-state index in [1.165, 1.54) is 13.8 Å². The van der Waals surface area contributed by atoms with E-state index < -0.39 is 47.2 Å². The van der Waals surface area contributed by atoms with E-state index >= 15 is 0 Å². The van der Waals surface area contributed by atoms with E-state index in [2.05, 4.69) is 13.2 Å². The average Bonchev–Trinajstić information content (AvgIpc) is 2.42. The Morgan fingerprint density at radius 1 is 0.818 bits per heavy atom. The van der Waals surface area contributed by atoms with Crippen molar-refractivity contribution >= 4 is 23.9 Å². The van der Waals surface area contributed by atoms with Gasteiger partial charge in [0.15, 0.2) is 0 Å². The minimum Gasteiger partial charge on any atom is -0.478 e. The molecule has 0 aromatic rings. The third-order valence-corrected chi connectivity index (χ3v) is 2.48. The minimum atomic E-state index is -1.62. The first-order chi connectivity index (χ1) is 10.1. The zero-order chi connectivity index (χ0) is 17.4. The van der Waals surface area contributed by atoms with Crippen molar-refractivity contribution in [1.29, 1.82) is 0 Å². The number of carbonyl (C=O) groups excluding carboxylic acids is 2. The summed E-state index contributed by atoms with van der Waals surface area (Å²) in [6.45, 7) is 8.65. The highest BCUT2D eigenvalue weighted by Crippen LogP contribution is 2.19. The van der Waals surface area contributed by atoms with Crippen molar-refractivity contribution in [3.05, 3.63) is 36.5 Å². The van der Waals surface area contributed by atoms with Gasteiger partial charge >= 0.3 is 23.9 Å². The molecule has 0 radical (unpaired) electrons. The van der Waals surface area contributed by atoms with E-state index in [4.69, 9.17) is 9.47 Å². The summed E-state index contributed by atoms with van der Waals surface area (Å²) >= 11 is 0. The lowest BCUT2D eigenvalue weighted by molar-refractivity contribution is -0.147. The van der Waals surface area contributed by atoms with Gasteiger partial charge in [0.25, 0.3) is 0 Å². The monoisotopic (exact) mass is 312 g/mol. The molecule has 8 heteroatoms. The fourth-order valence-corrected chi connectivity index (χ4v) is 1.58. The summed E-state index contributed by atoms with van der Waals surface area (Å²) in [4.78, 5) is 44.9. The Morgan fingerprint density at radius 2 is 1.09 bits per heavy atom. The Bertz CT molecular complexity index is 495. The molecule has 22 heavy (non-hydrogen) atoms. The number of hydrogen-bond acceptors (Lipinski definition) is 6. The molecule has 0 fully saturated rings. The topological polar surface area (TPSA) is 127 Å². The van der Waals surface area contributed by atoms with Crippen molar-refractivity contribution in [3.63, 3.8) is 0 Å². The standard InChI is InChI=1S/C14H16O8/c1-5-9(15)21-7(3)11(13(17)18)12(14(19)20)8(4)22-10(16)6-2/h5-8H,1-2H2,3-4H3,(H,17,18)(H,19,20). The number of rotatable bonds is 8. The largest absolute Gasteiger partial charge is 0.478 e. The van der Waals surface area contributed by atoms with E-state index in [0.717, 1.165) is 12.2 Å². The maximum absolute atomic E-state index is 11.3. The highest BCUT2D eigenvalue weighted by atomic mass is 16.5. The number of carboxylic acid groups (broad SMARTS) is 2. The number of carbonyl (C=O) groups is 4. The van der Waals surface area contributed by atoms with Gasteiger partial charge in [0.05, 0.1) is 11.1 Å². The fraction of sp³-hybridized carbons (Fsp3) is 0.286.